The van der Waals surface area contributed by atoms with Crippen LogP contribution in [0.15, 0.2) is 47.4 Å². The van der Waals surface area contributed by atoms with E-state index in [1.54, 1.807) is 32.9 Å². The predicted molar refractivity (Wildman–Crippen MR) is 186 cm³/mol. The number of hydrogen-bond donors (Lipinski definition) is 2. The highest BCUT2D eigenvalue weighted by Crippen LogP contribution is 2.66. The van der Waals surface area contributed by atoms with Crippen LogP contribution < -0.4 is 14.8 Å². The molecule has 1 unspecified atom stereocenters. The topological polar surface area (TPSA) is 120 Å². The average molecular weight is 727 g/mol. The van der Waals surface area contributed by atoms with Gasteiger partial charge in [0.15, 0.2) is 0 Å². The number of hydrogen-bond acceptors (Lipinski definition) is 7. The van der Waals surface area contributed by atoms with E-state index in [0.29, 0.717) is 16.8 Å². The number of sulfonamides is 1. The van der Waals surface area contributed by atoms with Crippen molar-refractivity contribution in [1.82, 2.24) is 15.3 Å². The lowest BCUT2D eigenvalue weighted by atomic mass is 9.46. The number of fused-ring (bicyclic) bond motifs is 4. The molecule has 7 rings (SSSR count). The van der Waals surface area contributed by atoms with Crippen molar-refractivity contribution in [3.63, 3.8) is 0 Å². The summed E-state index contributed by atoms with van der Waals surface area (Å²) in [4.78, 5) is 21.3. The molecule has 274 valence electrons. The van der Waals surface area contributed by atoms with Crippen molar-refractivity contribution in [2.75, 3.05) is 11.3 Å². The third-order valence-corrected chi connectivity index (χ3v) is 12.9. The third kappa shape index (κ3) is 6.78. The van der Waals surface area contributed by atoms with Gasteiger partial charge in [0.2, 0.25) is 11.8 Å². The Bertz CT molecular complexity index is 1930. The van der Waals surface area contributed by atoms with Gasteiger partial charge in [0.1, 0.15) is 0 Å². The monoisotopic (exact) mass is 726 g/mol. The Morgan fingerprint density at radius 1 is 1.04 bits per heavy atom. The Kier molecular flexibility index (Phi) is 8.82. The fourth-order valence-corrected chi connectivity index (χ4v) is 9.98. The predicted octanol–water partition coefficient (Wildman–Crippen LogP) is 8.39. The fourth-order valence-electron chi connectivity index (χ4n) is 8.98. The zero-order chi connectivity index (χ0) is 36.5. The maximum atomic E-state index is 14.6. The number of rotatable bonds is 6. The molecule has 3 aromatic rings. The zero-order valence-corrected chi connectivity index (χ0v) is 30.4. The number of alkyl carbamates (subject to hydrolysis) is 1. The number of halogens is 3. The molecule has 3 saturated carbocycles. The molecule has 2 aromatic carbocycles. The standard InChI is InChI=1S/C38H45F3N4O5S/c1-21(2)50-35(46)42-28-18-36(19-28)15-26(16-36)31-25-10-7-11-29(14-25)51(47,48)45-34-43-32(30-22(3)8-6-9-23(30)4)24(5)33(44-34)49-20-27(31)17-37(12-13-37)38(39,40)41/h6-11,14,21,26-28,31H,12-13,15-20H2,1-5H3,(H,42,46)(H,43,44,45)/t26?,27-,28?,31?,36?/m1/s1. The van der Waals surface area contributed by atoms with E-state index in [1.165, 1.54) is 6.07 Å². The van der Waals surface area contributed by atoms with Crippen LogP contribution in [-0.2, 0) is 14.8 Å². The average Bonchev–Trinajstić information content (AvgIpc) is 3.79. The molecule has 3 fully saturated rings. The number of alkyl halides is 3. The molecule has 51 heavy (non-hydrogen) atoms. The lowest BCUT2D eigenvalue weighted by Gasteiger charge is -2.60. The van der Waals surface area contributed by atoms with E-state index in [-0.39, 0.29) is 66.1 Å². The van der Waals surface area contributed by atoms with E-state index in [1.807, 2.05) is 38.1 Å². The first-order chi connectivity index (χ1) is 24.0. The van der Waals surface area contributed by atoms with Crippen molar-refractivity contribution in [3.8, 4) is 17.1 Å². The molecule has 2 atom stereocenters. The largest absolute Gasteiger partial charge is 0.477 e. The van der Waals surface area contributed by atoms with Gasteiger partial charge in [-0.2, -0.15) is 18.2 Å². The van der Waals surface area contributed by atoms with Gasteiger partial charge in [-0.25, -0.2) is 22.9 Å². The van der Waals surface area contributed by atoms with E-state index >= 15 is 0 Å². The highest BCUT2D eigenvalue weighted by atomic mass is 32.2. The van der Waals surface area contributed by atoms with Crippen molar-refractivity contribution in [1.29, 1.82) is 0 Å². The van der Waals surface area contributed by atoms with Crippen molar-refractivity contribution in [2.24, 2.45) is 22.7 Å². The molecule has 1 spiro atoms. The second-order valence-corrected chi connectivity index (χ2v) is 17.4. The zero-order valence-electron chi connectivity index (χ0n) is 29.6. The Balaban J connectivity index is 1.26. The normalized spacial score (nSPS) is 27.5. The molecular weight excluding hydrogens is 682 g/mol. The lowest BCUT2D eigenvalue weighted by Crippen LogP contribution is -2.57. The number of benzene rings is 2. The quantitative estimate of drug-likeness (QED) is 0.262. The summed E-state index contributed by atoms with van der Waals surface area (Å²) < 4.78 is 85.9. The second kappa shape index (κ2) is 12.7. The summed E-state index contributed by atoms with van der Waals surface area (Å²) >= 11 is 0. The smallest absolute Gasteiger partial charge is 0.407 e. The number of anilines is 1. The minimum absolute atomic E-state index is 0.00714. The number of carbonyl (C=O) groups excluding carboxylic acids is 1. The number of aromatic nitrogens is 2. The van der Waals surface area contributed by atoms with Gasteiger partial charge in [-0.15, -0.1) is 0 Å². The summed E-state index contributed by atoms with van der Waals surface area (Å²) in [5, 5.41) is 2.93. The van der Waals surface area contributed by atoms with Crippen molar-refractivity contribution < 1.29 is 35.9 Å². The molecule has 9 nitrogen and oxygen atoms in total. The summed E-state index contributed by atoms with van der Waals surface area (Å²) in [6, 6.07) is 12.3. The molecule has 1 amide bonds. The molecular formula is C38H45F3N4O5S. The van der Waals surface area contributed by atoms with Crippen LogP contribution in [0.5, 0.6) is 5.88 Å². The first-order valence-corrected chi connectivity index (χ1v) is 19.2. The van der Waals surface area contributed by atoms with Crippen molar-refractivity contribution >= 4 is 22.1 Å². The molecule has 4 aliphatic rings. The number of carbonyl (C=O) groups is 1. The van der Waals surface area contributed by atoms with Crippen LogP contribution in [0, 0.1) is 43.4 Å². The van der Waals surface area contributed by atoms with Gasteiger partial charge < -0.3 is 14.8 Å². The minimum atomic E-state index is -4.37. The minimum Gasteiger partial charge on any atom is -0.477 e. The maximum Gasteiger partial charge on any atom is 0.407 e. The summed E-state index contributed by atoms with van der Waals surface area (Å²) in [7, 11) is -4.19. The summed E-state index contributed by atoms with van der Waals surface area (Å²) in [6.07, 6.45) is -2.04. The molecule has 0 saturated heterocycles. The Morgan fingerprint density at radius 2 is 1.71 bits per heavy atom. The molecule has 0 radical (unpaired) electrons. The number of nitrogens with one attached hydrogen (secondary N) is 2. The Labute approximate surface area is 297 Å². The molecule has 13 heteroatoms. The molecule has 3 aliphatic carbocycles. The van der Waals surface area contributed by atoms with Crippen LogP contribution in [0.2, 0.25) is 0 Å². The number of ether oxygens (including phenoxy) is 2. The fraction of sp³-hybridized carbons (Fsp3) is 0.553. The highest BCUT2D eigenvalue weighted by Gasteiger charge is 2.64. The van der Waals surface area contributed by atoms with Crippen LogP contribution in [0.3, 0.4) is 0 Å². The number of amides is 1. The van der Waals surface area contributed by atoms with E-state index < -0.39 is 39.5 Å². The van der Waals surface area contributed by atoms with E-state index in [2.05, 4.69) is 20.0 Å². The summed E-state index contributed by atoms with van der Waals surface area (Å²) in [5.74, 6) is -1.03. The highest BCUT2D eigenvalue weighted by molar-refractivity contribution is 7.92. The SMILES string of the molecule is Cc1cccc(C)c1-c1nc2nc(c1C)OC[C@@H](CC1(C(F)(F)F)CC1)C(C1CC3(CC(NC(=O)OC(C)C)C3)C1)c1cccc(c1)S(=O)(=O)N2. The van der Waals surface area contributed by atoms with Gasteiger partial charge in [-0.3, -0.25) is 0 Å². The van der Waals surface area contributed by atoms with Gasteiger partial charge >= 0.3 is 12.3 Å². The third-order valence-electron chi connectivity index (χ3n) is 11.6. The van der Waals surface area contributed by atoms with E-state index in [0.717, 1.165) is 42.4 Å². The first-order valence-electron chi connectivity index (χ1n) is 17.7. The van der Waals surface area contributed by atoms with Crippen molar-refractivity contribution in [3.05, 3.63) is 64.7 Å². The first kappa shape index (κ1) is 35.5. The van der Waals surface area contributed by atoms with Crippen LogP contribution in [0.1, 0.15) is 87.0 Å². The van der Waals surface area contributed by atoms with Gasteiger partial charge in [-0.1, -0.05) is 30.3 Å². The van der Waals surface area contributed by atoms with Crippen LogP contribution in [0.25, 0.3) is 11.3 Å². The van der Waals surface area contributed by atoms with Gasteiger partial charge in [0, 0.05) is 23.1 Å². The summed E-state index contributed by atoms with van der Waals surface area (Å²) in [5.41, 5.74) is 2.57. The number of nitrogens with zero attached hydrogens (tertiary/aromatic N) is 2. The maximum absolute atomic E-state index is 14.6. The van der Waals surface area contributed by atoms with E-state index in [4.69, 9.17) is 9.47 Å². The van der Waals surface area contributed by atoms with E-state index in [9.17, 15) is 26.4 Å². The van der Waals surface area contributed by atoms with Crippen LogP contribution in [0.4, 0.5) is 23.9 Å². The Hall–Kier alpha value is -3.87. The lowest BCUT2D eigenvalue weighted by molar-refractivity contribution is -0.194. The van der Waals surface area contributed by atoms with Gasteiger partial charge in [0.25, 0.3) is 10.0 Å². The second-order valence-electron chi connectivity index (χ2n) is 15.7. The van der Waals surface area contributed by atoms with Crippen LogP contribution in [-0.4, -0.2) is 49.4 Å². The van der Waals surface area contributed by atoms with Crippen LogP contribution >= 0.6 is 0 Å². The summed E-state index contributed by atoms with van der Waals surface area (Å²) in [6.45, 7) is 9.22. The van der Waals surface area contributed by atoms with Gasteiger partial charge in [-0.05, 0) is 126 Å². The Morgan fingerprint density at radius 3 is 2.33 bits per heavy atom. The van der Waals surface area contributed by atoms with Crippen molar-refractivity contribution in [2.45, 2.75) is 109 Å². The number of aryl methyl sites for hydroxylation is 2. The molecule has 1 aromatic heterocycles. The molecule has 2 N–H and O–H groups in total. The molecule has 2 heterocycles. The molecule has 4 bridgehead atoms. The van der Waals surface area contributed by atoms with Gasteiger partial charge in [0.05, 0.1) is 28.7 Å². The molecule has 1 aliphatic heterocycles.